The third kappa shape index (κ3) is 4.39. The van der Waals surface area contributed by atoms with Gasteiger partial charge in [0.1, 0.15) is 0 Å². The molecule has 5 heterocycles. The predicted octanol–water partition coefficient (Wildman–Crippen LogP) is 11.4. The summed E-state index contributed by atoms with van der Waals surface area (Å²) in [6, 6.07) is 56.7. The number of fused-ring (bicyclic) bond motifs is 9. The van der Waals surface area contributed by atoms with Crippen LogP contribution in [0.25, 0.3) is 96.8 Å². The number of hydrogen-bond donors (Lipinski definition) is 0. The van der Waals surface area contributed by atoms with Crippen LogP contribution in [-0.4, -0.2) is 33.6 Å². The second-order valence-electron chi connectivity index (χ2n) is 13.1. The van der Waals surface area contributed by atoms with E-state index in [-0.39, 0.29) is 14.5 Å². The Labute approximate surface area is 299 Å². The third-order valence-electron chi connectivity index (χ3n) is 10.2. The average Bonchev–Trinajstić information content (AvgIpc) is 3.85. The summed E-state index contributed by atoms with van der Waals surface area (Å²) in [5.41, 5.74) is 11.3. The van der Waals surface area contributed by atoms with Crippen LogP contribution in [0.1, 0.15) is 0 Å². The second-order valence-corrected chi connectivity index (χ2v) is 15.3. The van der Waals surface area contributed by atoms with E-state index in [0.29, 0.717) is 0 Å². The summed E-state index contributed by atoms with van der Waals surface area (Å²) >= 11 is 0.162. The van der Waals surface area contributed by atoms with E-state index >= 15 is 0 Å². The second kappa shape index (κ2) is 11.1. The maximum atomic E-state index is 5.02. The fourth-order valence-corrected chi connectivity index (χ4v) is 9.98. The Balaban J connectivity index is 1.07. The van der Waals surface area contributed by atoms with E-state index in [2.05, 4.69) is 179 Å². The molecule has 11 rings (SSSR count). The van der Waals surface area contributed by atoms with Crippen molar-refractivity contribution in [3.63, 3.8) is 0 Å². The molecule has 0 atom stereocenters. The minimum atomic E-state index is 0.162. The standard InChI is InChI=1S/C46H28N4Se/c1-3-11-31(12-4-1)49-41-17-9-7-15-33(41)35-21-19-29(23-43(35)49)39-25-37-38-26-40(48-28-46(38)51-45(37)27-47-39)30-20-22-36-34-16-8-10-18-42(34)50(44(36)24-30)32-13-5-2-6-14-32/h1-28H. The molecule has 51 heavy (non-hydrogen) atoms. The first kappa shape index (κ1) is 28.6. The quantitative estimate of drug-likeness (QED) is 0.170. The maximum absolute atomic E-state index is 5.02. The zero-order chi connectivity index (χ0) is 33.5. The molecule has 5 heteroatoms. The molecule has 11 aromatic rings. The van der Waals surface area contributed by atoms with Crippen molar-refractivity contribution < 1.29 is 0 Å². The summed E-state index contributed by atoms with van der Waals surface area (Å²) in [4.78, 5) is 10.0. The van der Waals surface area contributed by atoms with Crippen molar-refractivity contribution in [1.82, 2.24) is 19.1 Å². The van der Waals surface area contributed by atoms with Crippen LogP contribution in [0.3, 0.4) is 0 Å². The first-order valence-electron chi connectivity index (χ1n) is 17.1. The first-order chi connectivity index (χ1) is 25.3. The summed E-state index contributed by atoms with van der Waals surface area (Å²) in [5, 5.41) is 7.52. The van der Waals surface area contributed by atoms with Crippen LogP contribution < -0.4 is 0 Å². The number of pyridine rings is 2. The molecule has 0 N–H and O–H groups in total. The van der Waals surface area contributed by atoms with Crippen LogP contribution in [0, 0.1) is 0 Å². The molecule has 238 valence electrons. The predicted molar refractivity (Wildman–Crippen MR) is 214 cm³/mol. The van der Waals surface area contributed by atoms with Crippen molar-refractivity contribution in [2.24, 2.45) is 0 Å². The van der Waals surface area contributed by atoms with Gasteiger partial charge in [0.05, 0.1) is 0 Å². The summed E-state index contributed by atoms with van der Waals surface area (Å²) in [6.07, 6.45) is 4.18. The minimum absolute atomic E-state index is 0.162. The van der Waals surface area contributed by atoms with Gasteiger partial charge in [-0.3, -0.25) is 0 Å². The molecule has 0 aliphatic rings. The fraction of sp³-hybridized carbons (Fsp3) is 0. The fourth-order valence-electron chi connectivity index (χ4n) is 7.87. The number of para-hydroxylation sites is 4. The molecule has 0 spiro atoms. The van der Waals surface area contributed by atoms with Crippen molar-refractivity contribution in [3.05, 3.63) is 170 Å². The SMILES string of the molecule is c1ccc(-n2c3ccccc3c3ccc(-c4cc5c(cn4)[se]c4cnc(-c6ccc7c8ccccc8n(-c8ccccc8)c7c6)cc45)cc32)cc1. The molecule has 0 saturated carbocycles. The van der Waals surface area contributed by atoms with Crippen molar-refractivity contribution in [1.29, 1.82) is 0 Å². The van der Waals surface area contributed by atoms with Crippen molar-refractivity contribution >= 4 is 77.4 Å². The molecule has 0 fully saturated rings. The normalized spacial score (nSPS) is 11.9. The van der Waals surface area contributed by atoms with Gasteiger partial charge in [-0.15, -0.1) is 0 Å². The van der Waals surface area contributed by atoms with Crippen LogP contribution in [0.4, 0.5) is 0 Å². The molecule has 0 amide bonds. The van der Waals surface area contributed by atoms with E-state index in [9.17, 15) is 0 Å². The number of nitrogens with zero attached hydrogens (tertiary/aromatic N) is 4. The Morgan fingerprint density at radius 3 is 1.24 bits per heavy atom. The number of rotatable bonds is 4. The van der Waals surface area contributed by atoms with Gasteiger partial charge < -0.3 is 0 Å². The van der Waals surface area contributed by atoms with Gasteiger partial charge in [-0.2, -0.15) is 0 Å². The van der Waals surface area contributed by atoms with Crippen LogP contribution in [0.2, 0.25) is 0 Å². The molecule has 0 bridgehead atoms. The van der Waals surface area contributed by atoms with Gasteiger partial charge in [0.25, 0.3) is 0 Å². The van der Waals surface area contributed by atoms with E-state index in [0.717, 1.165) is 33.9 Å². The van der Waals surface area contributed by atoms with Crippen molar-refractivity contribution in [2.75, 3.05) is 0 Å². The van der Waals surface area contributed by atoms with Crippen LogP contribution in [-0.2, 0) is 0 Å². The van der Waals surface area contributed by atoms with Gasteiger partial charge in [0, 0.05) is 0 Å². The van der Waals surface area contributed by atoms with Gasteiger partial charge in [0.15, 0.2) is 0 Å². The van der Waals surface area contributed by atoms with E-state index in [1.807, 2.05) is 0 Å². The Kier molecular flexibility index (Phi) is 6.23. The van der Waals surface area contributed by atoms with E-state index < -0.39 is 0 Å². The Morgan fingerprint density at radius 1 is 0.353 bits per heavy atom. The molecular formula is C46H28N4Se. The molecule has 5 aromatic heterocycles. The van der Waals surface area contributed by atoms with E-state index in [4.69, 9.17) is 9.97 Å². The van der Waals surface area contributed by atoms with Crippen molar-refractivity contribution in [2.45, 2.75) is 0 Å². The molecule has 0 radical (unpaired) electrons. The van der Waals surface area contributed by atoms with Crippen LogP contribution in [0.15, 0.2) is 170 Å². The van der Waals surface area contributed by atoms with Gasteiger partial charge in [-0.25, -0.2) is 0 Å². The van der Waals surface area contributed by atoms with Gasteiger partial charge >= 0.3 is 301 Å². The van der Waals surface area contributed by atoms with Gasteiger partial charge in [-0.05, 0) is 0 Å². The van der Waals surface area contributed by atoms with Gasteiger partial charge in [-0.1, -0.05) is 0 Å². The summed E-state index contributed by atoms with van der Waals surface area (Å²) in [5.74, 6) is 0. The Morgan fingerprint density at radius 2 is 0.765 bits per heavy atom. The molecule has 0 unspecified atom stereocenters. The van der Waals surface area contributed by atoms with Crippen molar-refractivity contribution in [3.8, 4) is 33.9 Å². The zero-order valence-corrected chi connectivity index (χ0v) is 29.1. The summed E-state index contributed by atoms with van der Waals surface area (Å²) < 4.78 is 7.34. The van der Waals surface area contributed by atoms with Gasteiger partial charge in [0.2, 0.25) is 0 Å². The Bertz CT molecular complexity index is 2920. The number of hydrogen-bond acceptors (Lipinski definition) is 2. The molecule has 4 nitrogen and oxygen atoms in total. The van der Waals surface area contributed by atoms with Crippen LogP contribution in [0.5, 0.6) is 0 Å². The zero-order valence-electron chi connectivity index (χ0n) is 27.4. The van der Waals surface area contributed by atoms with Crippen LogP contribution >= 0.6 is 0 Å². The van der Waals surface area contributed by atoms with E-state index in [1.165, 1.54) is 62.9 Å². The number of aromatic nitrogens is 4. The molecule has 6 aromatic carbocycles. The molecular weight excluding hydrogens is 687 g/mol. The molecule has 0 aliphatic carbocycles. The third-order valence-corrected chi connectivity index (χ3v) is 12.5. The number of benzene rings is 6. The summed E-state index contributed by atoms with van der Waals surface area (Å²) in [6.45, 7) is 0. The topological polar surface area (TPSA) is 35.6 Å². The molecule has 0 saturated heterocycles. The Hall–Kier alpha value is -6.26. The summed E-state index contributed by atoms with van der Waals surface area (Å²) in [7, 11) is 0. The van der Waals surface area contributed by atoms with E-state index in [1.54, 1.807) is 0 Å². The first-order valence-corrected chi connectivity index (χ1v) is 18.9. The molecule has 0 aliphatic heterocycles. The monoisotopic (exact) mass is 716 g/mol. The average molecular weight is 716 g/mol.